The number of hydrogen-bond donors (Lipinski definition) is 3. The number of carbonyl (C=O) groups excluding carboxylic acids is 2. The summed E-state index contributed by atoms with van der Waals surface area (Å²) in [5.41, 5.74) is 4.69. The van der Waals surface area contributed by atoms with Crippen LogP contribution < -0.4 is 10.6 Å². The summed E-state index contributed by atoms with van der Waals surface area (Å²) in [6.07, 6.45) is 2.48. The molecule has 2 aromatic carbocycles. The predicted molar refractivity (Wildman–Crippen MR) is 125 cm³/mol. The SMILES string of the molecule is O=C(O)COCCNC(=O)[C@@H]1CCC[C@H](NC(=O)OCC2c3ccccc3-c3ccccc32)C1. The lowest BCUT2D eigenvalue weighted by Gasteiger charge is -2.29. The highest BCUT2D eigenvalue weighted by Crippen LogP contribution is 2.44. The van der Waals surface area contributed by atoms with E-state index in [9.17, 15) is 14.4 Å². The van der Waals surface area contributed by atoms with Gasteiger partial charge in [-0.3, -0.25) is 4.79 Å². The van der Waals surface area contributed by atoms with Crippen molar-refractivity contribution in [1.82, 2.24) is 10.6 Å². The van der Waals surface area contributed by atoms with Crippen molar-refractivity contribution in [2.75, 3.05) is 26.4 Å². The van der Waals surface area contributed by atoms with Gasteiger partial charge in [0.25, 0.3) is 0 Å². The molecule has 2 amide bonds. The van der Waals surface area contributed by atoms with E-state index in [0.717, 1.165) is 19.3 Å². The zero-order valence-corrected chi connectivity index (χ0v) is 19.0. The Morgan fingerprint density at radius 2 is 1.65 bits per heavy atom. The molecule has 0 bridgehead atoms. The third-order valence-corrected chi connectivity index (χ3v) is 6.48. The minimum Gasteiger partial charge on any atom is -0.480 e. The van der Waals surface area contributed by atoms with Crippen LogP contribution >= 0.6 is 0 Å². The summed E-state index contributed by atoms with van der Waals surface area (Å²) >= 11 is 0. The number of alkyl carbamates (subject to hydrolysis) is 1. The highest BCUT2D eigenvalue weighted by Gasteiger charge is 2.31. The lowest BCUT2D eigenvalue weighted by Crippen LogP contribution is -2.43. The van der Waals surface area contributed by atoms with Gasteiger partial charge in [0.1, 0.15) is 13.2 Å². The maximum Gasteiger partial charge on any atom is 0.407 e. The number of carboxylic acids is 1. The van der Waals surface area contributed by atoms with Crippen LogP contribution in [-0.2, 0) is 19.1 Å². The monoisotopic (exact) mass is 466 g/mol. The summed E-state index contributed by atoms with van der Waals surface area (Å²) in [7, 11) is 0. The Hall–Kier alpha value is -3.39. The Labute approximate surface area is 198 Å². The lowest BCUT2D eigenvalue weighted by atomic mass is 9.85. The van der Waals surface area contributed by atoms with Crippen LogP contribution in [-0.4, -0.2) is 55.5 Å². The molecule has 0 heterocycles. The topological polar surface area (TPSA) is 114 Å². The fourth-order valence-electron chi connectivity index (χ4n) is 4.92. The van der Waals surface area contributed by atoms with Crippen molar-refractivity contribution in [1.29, 1.82) is 0 Å². The van der Waals surface area contributed by atoms with Gasteiger partial charge in [-0.15, -0.1) is 0 Å². The van der Waals surface area contributed by atoms with Crippen molar-refractivity contribution >= 4 is 18.0 Å². The second-order valence-electron chi connectivity index (χ2n) is 8.77. The first kappa shape index (κ1) is 23.8. The van der Waals surface area contributed by atoms with Gasteiger partial charge in [-0.1, -0.05) is 55.0 Å². The van der Waals surface area contributed by atoms with E-state index < -0.39 is 12.1 Å². The predicted octanol–water partition coefficient (Wildman–Crippen LogP) is 3.30. The standard InChI is InChI=1S/C26H30N2O6/c29-24(30)16-33-13-12-27-25(31)17-6-5-7-18(14-17)28-26(32)34-15-23-21-10-3-1-8-19(21)20-9-2-4-11-22(20)23/h1-4,8-11,17-18,23H,5-7,12-16H2,(H,27,31)(H,28,32)(H,29,30)/t17-,18+/m1/s1. The fourth-order valence-corrected chi connectivity index (χ4v) is 4.92. The first-order valence-corrected chi connectivity index (χ1v) is 11.7. The first-order chi connectivity index (χ1) is 16.5. The Morgan fingerprint density at radius 3 is 2.32 bits per heavy atom. The summed E-state index contributed by atoms with van der Waals surface area (Å²) in [6.45, 7) is 0.275. The summed E-state index contributed by atoms with van der Waals surface area (Å²) in [5.74, 6) is -1.34. The van der Waals surface area contributed by atoms with Crippen molar-refractivity contribution in [3.8, 4) is 11.1 Å². The molecule has 1 saturated carbocycles. The number of ether oxygens (including phenoxy) is 2. The van der Waals surface area contributed by atoms with Gasteiger partial charge in [0.15, 0.2) is 0 Å². The van der Waals surface area contributed by atoms with E-state index in [2.05, 4.69) is 34.9 Å². The minimum atomic E-state index is -1.04. The van der Waals surface area contributed by atoms with Crippen molar-refractivity contribution in [3.05, 3.63) is 59.7 Å². The quantitative estimate of drug-likeness (QED) is 0.489. The van der Waals surface area contributed by atoms with Crippen LogP contribution in [0.1, 0.15) is 42.7 Å². The molecule has 2 atom stereocenters. The highest BCUT2D eigenvalue weighted by atomic mass is 16.5. The van der Waals surface area contributed by atoms with E-state index >= 15 is 0 Å². The number of fused-ring (bicyclic) bond motifs is 3. The van der Waals surface area contributed by atoms with Crippen molar-refractivity contribution in [2.45, 2.75) is 37.6 Å². The first-order valence-electron chi connectivity index (χ1n) is 11.7. The molecule has 8 heteroatoms. The molecular formula is C26H30N2O6. The number of amides is 2. The van der Waals surface area contributed by atoms with Crippen LogP contribution in [0.15, 0.2) is 48.5 Å². The smallest absolute Gasteiger partial charge is 0.407 e. The molecule has 0 saturated heterocycles. The normalized spacial score (nSPS) is 19.1. The third kappa shape index (κ3) is 5.75. The average molecular weight is 467 g/mol. The Bertz CT molecular complexity index is 994. The number of carbonyl (C=O) groups is 3. The van der Waals surface area contributed by atoms with Crippen molar-refractivity contribution < 1.29 is 29.0 Å². The number of aliphatic carboxylic acids is 1. The summed E-state index contributed by atoms with van der Waals surface area (Å²) < 4.78 is 10.6. The average Bonchev–Trinajstić information content (AvgIpc) is 3.16. The van der Waals surface area contributed by atoms with E-state index in [0.29, 0.717) is 6.42 Å². The molecule has 2 aliphatic carbocycles. The lowest BCUT2D eigenvalue weighted by molar-refractivity contribution is -0.142. The maximum absolute atomic E-state index is 12.6. The van der Waals surface area contributed by atoms with Crippen LogP contribution in [0.4, 0.5) is 4.79 Å². The molecule has 34 heavy (non-hydrogen) atoms. The van der Waals surface area contributed by atoms with Crippen molar-refractivity contribution in [3.63, 3.8) is 0 Å². The molecule has 2 aliphatic rings. The van der Waals surface area contributed by atoms with Gasteiger partial charge in [0.05, 0.1) is 6.61 Å². The van der Waals surface area contributed by atoms with E-state index in [-0.39, 0.29) is 50.2 Å². The van der Waals surface area contributed by atoms with Crippen LogP contribution in [0.2, 0.25) is 0 Å². The number of carboxylic acid groups (broad SMARTS) is 1. The number of hydrogen-bond acceptors (Lipinski definition) is 5. The van der Waals surface area contributed by atoms with E-state index in [1.165, 1.54) is 22.3 Å². The number of benzene rings is 2. The largest absolute Gasteiger partial charge is 0.480 e. The van der Waals surface area contributed by atoms with Gasteiger partial charge in [0.2, 0.25) is 5.91 Å². The molecule has 1 fully saturated rings. The van der Waals surface area contributed by atoms with Crippen LogP contribution in [0.5, 0.6) is 0 Å². The van der Waals surface area contributed by atoms with E-state index in [4.69, 9.17) is 14.6 Å². The molecular weight excluding hydrogens is 436 g/mol. The van der Waals surface area contributed by atoms with Gasteiger partial charge in [0, 0.05) is 24.4 Å². The Balaban J connectivity index is 1.24. The van der Waals surface area contributed by atoms with E-state index in [1.54, 1.807) is 0 Å². The molecule has 3 N–H and O–H groups in total. The maximum atomic E-state index is 12.6. The second kappa shape index (κ2) is 11.2. The fraction of sp³-hybridized carbons (Fsp3) is 0.423. The molecule has 0 unspecified atom stereocenters. The third-order valence-electron chi connectivity index (χ3n) is 6.48. The van der Waals surface area contributed by atoms with Crippen molar-refractivity contribution in [2.24, 2.45) is 5.92 Å². The van der Waals surface area contributed by atoms with Gasteiger partial charge in [-0.2, -0.15) is 0 Å². The second-order valence-corrected chi connectivity index (χ2v) is 8.77. The summed E-state index contributed by atoms with van der Waals surface area (Å²) in [4.78, 5) is 35.4. The molecule has 0 radical (unpaired) electrons. The zero-order valence-electron chi connectivity index (χ0n) is 19.0. The van der Waals surface area contributed by atoms with E-state index in [1.807, 2.05) is 24.3 Å². The molecule has 4 rings (SSSR count). The molecule has 180 valence electrons. The van der Waals surface area contributed by atoms with Crippen LogP contribution in [0.3, 0.4) is 0 Å². The zero-order chi connectivity index (χ0) is 23.9. The molecule has 0 aliphatic heterocycles. The molecule has 8 nitrogen and oxygen atoms in total. The van der Waals surface area contributed by atoms with Gasteiger partial charge >= 0.3 is 12.1 Å². The Morgan fingerprint density at radius 1 is 0.971 bits per heavy atom. The van der Waals surface area contributed by atoms with Crippen LogP contribution in [0.25, 0.3) is 11.1 Å². The van der Waals surface area contributed by atoms with Gasteiger partial charge in [-0.25, -0.2) is 9.59 Å². The molecule has 0 aromatic heterocycles. The highest BCUT2D eigenvalue weighted by molar-refractivity contribution is 5.80. The van der Waals surface area contributed by atoms with Gasteiger partial charge in [-0.05, 0) is 41.5 Å². The number of rotatable bonds is 9. The Kier molecular flexibility index (Phi) is 7.80. The van der Waals surface area contributed by atoms with Gasteiger partial charge < -0.3 is 25.2 Å². The molecule has 0 spiro atoms. The van der Waals surface area contributed by atoms with Crippen LogP contribution in [0, 0.1) is 5.92 Å². The summed E-state index contributed by atoms with van der Waals surface area (Å²) in [6, 6.07) is 16.3. The summed E-state index contributed by atoms with van der Waals surface area (Å²) in [5, 5.41) is 14.3. The minimum absolute atomic E-state index is 0.00591. The number of nitrogens with one attached hydrogen (secondary N) is 2. The molecule has 2 aromatic rings.